The molecule has 2 heterocycles. The van der Waals surface area contributed by atoms with Crippen LogP contribution in [0.5, 0.6) is 5.88 Å². The Kier molecular flexibility index (Phi) is 5.06. The monoisotopic (exact) mass is 337 g/mol. The molecule has 3 rings (SSSR count). The molecular formula is C18H19N5O2. The van der Waals surface area contributed by atoms with Crippen LogP contribution in [-0.4, -0.2) is 35.2 Å². The van der Waals surface area contributed by atoms with Crippen LogP contribution in [0.4, 0.5) is 5.69 Å². The van der Waals surface area contributed by atoms with E-state index in [1.54, 1.807) is 38.7 Å². The average molecular weight is 337 g/mol. The predicted molar refractivity (Wildman–Crippen MR) is 95.2 cm³/mol. The molecule has 0 radical (unpaired) electrons. The van der Waals surface area contributed by atoms with Crippen molar-refractivity contribution in [1.82, 2.24) is 20.5 Å². The number of benzene rings is 1. The summed E-state index contributed by atoms with van der Waals surface area (Å²) in [7, 11) is 3.28. The maximum absolute atomic E-state index is 12.6. The minimum Gasteiger partial charge on any atom is -0.481 e. The third-order valence-corrected chi connectivity index (χ3v) is 3.84. The van der Waals surface area contributed by atoms with Gasteiger partial charge < -0.3 is 15.4 Å². The Labute approximate surface area is 145 Å². The maximum atomic E-state index is 12.6. The first-order valence-electron chi connectivity index (χ1n) is 7.78. The zero-order chi connectivity index (χ0) is 17.6. The number of methoxy groups -OCH3 is 1. The topological polar surface area (TPSA) is 91.9 Å². The molecule has 1 amide bonds. The Morgan fingerprint density at radius 2 is 2.00 bits per heavy atom. The van der Waals surface area contributed by atoms with Gasteiger partial charge in [0.2, 0.25) is 11.8 Å². The summed E-state index contributed by atoms with van der Waals surface area (Å²) < 4.78 is 5.12. The molecule has 1 aromatic carbocycles. The van der Waals surface area contributed by atoms with Gasteiger partial charge in [-0.05, 0) is 36.4 Å². The Balaban J connectivity index is 1.73. The summed E-state index contributed by atoms with van der Waals surface area (Å²) in [4.78, 5) is 16.7. The SMILES string of the molecule is CNC(C(=O)Nc1ccc(-c2cn[nH]c2)cc1)c1ccnc(OC)c1. The highest BCUT2D eigenvalue weighted by molar-refractivity contribution is 5.95. The molecule has 1 unspecified atom stereocenters. The quantitative estimate of drug-likeness (QED) is 0.642. The van der Waals surface area contributed by atoms with E-state index < -0.39 is 6.04 Å². The number of hydrogen-bond donors (Lipinski definition) is 3. The van der Waals surface area contributed by atoms with Crippen LogP contribution in [-0.2, 0) is 4.79 Å². The van der Waals surface area contributed by atoms with Crippen molar-refractivity contribution in [2.24, 2.45) is 0 Å². The average Bonchev–Trinajstić information content (AvgIpc) is 3.18. The molecule has 0 aliphatic carbocycles. The highest BCUT2D eigenvalue weighted by atomic mass is 16.5. The van der Waals surface area contributed by atoms with E-state index in [9.17, 15) is 4.79 Å². The molecule has 0 aliphatic rings. The van der Waals surface area contributed by atoms with Crippen LogP contribution in [0, 0.1) is 0 Å². The van der Waals surface area contributed by atoms with E-state index in [-0.39, 0.29) is 5.91 Å². The number of anilines is 1. The van der Waals surface area contributed by atoms with Gasteiger partial charge in [-0.2, -0.15) is 5.10 Å². The van der Waals surface area contributed by atoms with Crippen LogP contribution in [0.3, 0.4) is 0 Å². The molecular weight excluding hydrogens is 318 g/mol. The maximum Gasteiger partial charge on any atom is 0.246 e. The van der Waals surface area contributed by atoms with Gasteiger partial charge in [0, 0.05) is 29.7 Å². The van der Waals surface area contributed by atoms with E-state index >= 15 is 0 Å². The van der Waals surface area contributed by atoms with Gasteiger partial charge >= 0.3 is 0 Å². The highest BCUT2D eigenvalue weighted by Gasteiger charge is 2.19. The molecule has 0 saturated heterocycles. The lowest BCUT2D eigenvalue weighted by atomic mass is 10.1. The first-order chi connectivity index (χ1) is 12.2. The van der Waals surface area contributed by atoms with Crippen molar-refractivity contribution in [1.29, 1.82) is 0 Å². The molecule has 2 aromatic heterocycles. The first-order valence-corrected chi connectivity index (χ1v) is 7.78. The van der Waals surface area contributed by atoms with Crippen molar-refractivity contribution in [3.05, 3.63) is 60.6 Å². The second-order valence-corrected chi connectivity index (χ2v) is 5.41. The Morgan fingerprint density at radius 1 is 1.20 bits per heavy atom. The van der Waals surface area contributed by atoms with E-state index in [2.05, 4.69) is 25.8 Å². The molecule has 0 fully saturated rings. The summed E-state index contributed by atoms with van der Waals surface area (Å²) >= 11 is 0. The van der Waals surface area contributed by atoms with Crippen molar-refractivity contribution in [2.45, 2.75) is 6.04 Å². The van der Waals surface area contributed by atoms with Gasteiger partial charge in [-0.1, -0.05) is 12.1 Å². The van der Waals surface area contributed by atoms with Gasteiger partial charge in [0.15, 0.2) is 0 Å². The normalized spacial score (nSPS) is 11.8. The van der Waals surface area contributed by atoms with Gasteiger partial charge in [-0.15, -0.1) is 0 Å². The molecule has 0 saturated carbocycles. The van der Waals surface area contributed by atoms with Crippen LogP contribution in [0.1, 0.15) is 11.6 Å². The van der Waals surface area contributed by atoms with Crippen molar-refractivity contribution in [2.75, 3.05) is 19.5 Å². The number of pyridine rings is 1. The Bertz CT molecular complexity index is 831. The molecule has 0 aliphatic heterocycles. The molecule has 0 bridgehead atoms. The largest absolute Gasteiger partial charge is 0.481 e. The molecule has 7 heteroatoms. The number of H-pyrrole nitrogens is 1. The summed E-state index contributed by atoms with van der Waals surface area (Å²) in [6.45, 7) is 0. The minimum atomic E-state index is -0.509. The van der Waals surface area contributed by atoms with Crippen LogP contribution >= 0.6 is 0 Å². The number of hydrogen-bond acceptors (Lipinski definition) is 5. The van der Waals surface area contributed by atoms with Gasteiger partial charge in [0.1, 0.15) is 6.04 Å². The van der Waals surface area contributed by atoms with E-state index in [0.717, 1.165) is 22.4 Å². The predicted octanol–water partition coefficient (Wildman–Crippen LogP) is 2.38. The lowest BCUT2D eigenvalue weighted by Crippen LogP contribution is -2.30. The molecule has 3 N–H and O–H groups in total. The third kappa shape index (κ3) is 3.84. The number of carbonyl (C=O) groups excluding carboxylic acids is 1. The van der Waals surface area contributed by atoms with Crippen LogP contribution < -0.4 is 15.4 Å². The molecule has 0 spiro atoms. The lowest BCUT2D eigenvalue weighted by Gasteiger charge is -2.17. The second kappa shape index (κ2) is 7.59. The van der Waals surface area contributed by atoms with Gasteiger partial charge in [-0.3, -0.25) is 9.89 Å². The molecule has 128 valence electrons. The van der Waals surface area contributed by atoms with Crippen LogP contribution in [0.25, 0.3) is 11.1 Å². The number of carbonyl (C=O) groups is 1. The summed E-state index contributed by atoms with van der Waals surface area (Å²) in [6.07, 6.45) is 5.19. The summed E-state index contributed by atoms with van der Waals surface area (Å²) in [5.74, 6) is 0.307. The Hall–Kier alpha value is -3.19. The fourth-order valence-corrected chi connectivity index (χ4v) is 2.53. The number of nitrogens with one attached hydrogen (secondary N) is 3. The number of ether oxygens (including phenoxy) is 1. The number of amides is 1. The van der Waals surface area contributed by atoms with Crippen molar-refractivity contribution in [3.63, 3.8) is 0 Å². The van der Waals surface area contributed by atoms with E-state index in [1.807, 2.05) is 30.5 Å². The van der Waals surface area contributed by atoms with Crippen molar-refractivity contribution in [3.8, 4) is 17.0 Å². The smallest absolute Gasteiger partial charge is 0.246 e. The van der Waals surface area contributed by atoms with Gasteiger partial charge in [0.25, 0.3) is 0 Å². The van der Waals surface area contributed by atoms with E-state index in [4.69, 9.17) is 4.74 Å². The number of aromatic amines is 1. The fourth-order valence-electron chi connectivity index (χ4n) is 2.53. The number of nitrogens with zero attached hydrogens (tertiary/aromatic N) is 2. The molecule has 25 heavy (non-hydrogen) atoms. The second-order valence-electron chi connectivity index (χ2n) is 5.41. The van der Waals surface area contributed by atoms with E-state index in [0.29, 0.717) is 5.88 Å². The Morgan fingerprint density at radius 3 is 2.64 bits per heavy atom. The number of likely N-dealkylation sites (N-methyl/N-ethyl adjacent to an activating group) is 1. The summed E-state index contributed by atoms with van der Waals surface area (Å²) in [6, 6.07) is 10.6. The van der Waals surface area contributed by atoms with E-state index in [1.165, 1.54) is 0 Å². The number of aromatic nitrogens is 3. The van der Waals surface area contributed by atoms with Crippen LogP contribution in [0.15, 0.2) is 55.0 Å². The summed E-state index contributed by atoms with van der Waals surface area (Å²) in [5, 5.41) is 12.6. The zero-order valence-electron chi connectivity index (χ0n) is 14.0. The lowest BCUT2D eigenvalue weighted by molar-refractivity contribution is -0.118. The van der Waals surface area contributed by atoms with Gasteiger partial charge in [0.05, 0.1) is 13.3 Å². The molecule has 3 aromatic rings. The molecule has 7 nitrogen and oxygen atoms in total. The molecule has 1 atom stereocenters. The highest BCUT2D eigenvalue weighted by Crippen LogP contribution is 2.22. The minimum absolute atomic E-state index is 0.160. The van der Waals surface area contributed by atoms with Gasteiger partial charge in [-0.25, -0.2) is 4.98 Å². The van der Waals surface area contributed by atoms with Crippen molar-refractivity contribution < 1.29 is 9.53 Å². The standard InChI is InChI=1S/C18H19N5O2/c1-19-17(13-7-8-20-16(9-13)25-2)18(24)23-15-5-3-12(4-6-15)14-10-21-22-11-14/h3-11,17,19H,1-2H3,(H,21,22)(H,23,24). The first kappa shape index (κ1) is 16.7. The third-order valence-electron chi connectivity index (χ3n) is 3.84. The number of rotatable bonds is 6. The van der Waals surface area contributed by atoms with Crippen LogP contribution in [0.2, 0.25) is 0 Å². The summed E-state index contributed by atoms with van der Waals surface area (Å²) in [5.41, 5.74) is 3.52. The van der Waals surface area contributed by atoms with Crippen molar-refractivity contribution >= 4 is 11.6 Å². The fraction of sp³-hybridized carbons (Fsp3) is 0.167. The zero-order valence-corrected chi connectivity index (χ0v) is 14.0.